The van der Waals surface area contributed by atoms with Crippen LogP contribution in [0.25, 0.3) is 0 Å². The van der Waals surface area contributed by atoms with E-state index in [9.17, 15) is 0 Å². The molecular formula is C10H21NS. The van der Waals surface area contributed by atoms with Crippen molar-refractivity contribution in [2.75, 3.05) is 5.75 Å². The first kappa shape index (κ1) is 12.0. The molecule has 0 bridgehead atoms. The van der Waals surface area contributed by atoms with Crippen molar-refractivity contribution in [1.29, 1.82) is 0 Å². The minimum absolute atomic E-state index is 0.296. The molecule has 0 aromatic rings. The average molecular weight is 187 g/mol. The van der Waals surface area contributed by atoms with Crippen LogP contribution in [0.5, 0.6) is 0 Å². The summed E-state index contributed by atoms with van der Waals surface area (Å²) < 4.78 is 0. The van der Waals surface area contributed by atoms with Gasteiger partial charge in [-0.25, -0.2) is 0 Å². The van der Waals surface area contributed by atoms with E-state index in [1.807, 2.05) is 11.8 Å². The highest BCUT2D eigenvalue weighted by Crippen LogP contribution is 2.14. The van der Waals surface area contributed by atoms with Crippen LogP contribution in [0, 0.1) is 0 Å². The lowest BCUT2D eigenvalue weighted by Crippen LogP contribution is -2.23. The molecule has 0 saturated heterocycles. The van der Waals surface area contributed by atoms with E-state index in [0.717, 1.165) is 18.6 Å². The fraction of sp³-hybridized carbons (Fsp3) is 0.800. The van der Waals surface area contributed by atoms with Crippen LogP contribution in [0.3, 0.4) is 0 Å². The molecule has 1 atom stereocenters. The van der Waals surface area contributed by atoms with Crippen molar-refractivity contribution in [1.82, 2.24) is 0 Å². The van der Waals surface area contributed by atoms with Gasteiger partial charge >= 0.3 is 0 Å². The molecule has 2 N–H and O–H groups in total. The lowest BCUT2D eigenvalue weighted by molar-refractivity contribution is 0.724. The minimum atomic E-state index is 0.296. The van der Waals surface area contributed by atoms with Crippen molar-refractivity contribution in [2.45, 2.75) is 44.9 Å². The first-order valence-electron chi connectivity index (χ1n) is 4.60. The Balaban J connectivity index is 3.45. The van der Waals surface area contributed by atoms with Crippen molar-refractivity contribution < 1.29 is 0 Å². The molecule has 0 fully saturated rings. The van der Waals surface area contributed by atoms with Gasteiger partial charge in [-0.1, -0.05) is 32.9 Å². The Morgan fingerprint density at radius 3 is 2.50 bits per heavy atom. The van der Waals surface area contributed by atoms with Gasteiger partial charge in [0.15, 0.2) is 0 Å². The van der Waals surface area contributed by atoms with Gasteiger partial charge in [-0.3, -0.25) is 0 Å². The smallest absolute Gasteiger partial charge is 0.0167 e. The summed E-state index contributed by atoms with van der Waals surface area (Å²) in [5.74, 6) is 1.05. The summed E-state index contributed by atoms with van der Waals surface area (Å²) in [4.78, 5) is 0. The fourth-order valence-electron chi connectivity index (χ4n) is 0.890. The van der Waals surface area contributed by atoms with E-state index in [1.54, 1.807) is 0 Å². The maximum atomic E-state index is 5.92. The van der Waals surface area contributed by atoms with Gasteiger partial charge in [-0.2, -0.15) is 11.8 Å². The zero-order chi connectivity index (χ0) is 9.56. The number of thioether (sulfide) groups is 1. The Labute approximate surface area is 80.8 Å². The first-order valence-corrected chi connectivity index (χ1v) is 5.65. The SMILES string of the molecule is C=C(CC)CC(N)CSC(C)C. The molecule has 0 radical (unpaired) electrons. The van der Waals surface area contributed by atoms with Gasteiger partial charge in [-0.05, 0) is 18.1 Å². The molecule has 0 aromatic heterocycles. The molecule has 0 amide bonds. The lowest BCUT2D eigenvalue weighted by atomic mass is 10.1. The molecule has 0 aliphatic carbocycles. The summed E-state index contributed by atoms with van der Waals surface area (Å²) in [7, 11) is 0. The van der Waals surface area contributed by atoms with Gasteiger partial charge in [0, 0.05) is 11.8 Å². The minimum Gasteiger partial charge on any atom is -0.327 e. The monoisotopic (exact) mass is 187 g/mol. The second-order valence-corrected chi connectivity index (χ2v) is 5.06. The standard InChI is InChI=1S/C10H21NS/c1-5-9(4)6-10(11)7-12-8(2)3/h8,10H,4-7,11H2,1-3H3. The van der Waals surface area contributed by atoms with Crippen LogP contribution < -0.4 is 5.73 Å². The highest BCUT2D eigenvalue weighted by molar-refractivity contribution is 7.99. The second kappa shape index (κ2) is 6.55. The number of rotatable bonds is 6. The van der Waals surface area contributed by atoms with Crippen LogP contribution in [-0.4, -0.2) is 17.0 Å². The Bertz CT molecular complexity index is 132. The summed E-state index contributed by atoms with van der Waals surface area (Å²) in [6.07, 6.45) is 2.04. The summed E-state index contributed by atoms with van der Waals surface area (Å²) in [5.41, 5.74) is 7.19. The van der Waals surface area contributed by atoms with E-state index >= 15 is 0 Å². The number of hydrogen-bond acceptors (Lipinski definition) is 2. The average Bonchev–Trinajstić information content (AvgIpc) is 2.00. The van der Waals surface area contributed by atoms with Crippen LogP contribution >= 0.6 is 11.8 Å². The third-order valence-electron chi connectivity index (χ3n) is 1.69. The summed E-state index contributed by atoms with van der Waals surface area (Å²) in [6, 6.07) is 0.296. The summed E-state index contributed by atoms with van der Waals surface area (Å²) in [6.45, 7) is 10.5. The molecule has 1 unspecified atom stereocenters. The van der Waals surface area contributed by atoms with Crippen molar-refractivity contribution in [2.24, 2.45) is 5.73 Å². The summed E-state index contributed by atoms with van der Waals surface area (Å²) >= 11 is 1.93. The van der Waals surface area contributed by atoms with Gasteiger partial charge < -0.3 is 5.73 Å². The maximum Gasteiger partial charge on any atom is 0.0167 e. The number of nitrogens with two attached hydrogens (primary N) is 1. The quantitative estimate of drug-likeness (QED) is 0.647. The number of hydrogen-bond donors (Lipinski definition) is 1. The molecule has 0 aromatic carbocycles. The molecule has 1 nitrogen and oxygen atoms in total. The van der Waals surface area contributed by atoms with Gasteiger partial charge in [0.1, 0.15) is 0 Å². The predicted octanol–water partition coefficient (Wildman–Crippen LogP) is 2.81. The van der Waals surface area contributed by atoms with Crippen LogP contribution in [0.15, 0.2) is 12.2 Å². The predicted molar refractivity (Wildman–Crippen MR) is 59.6 cm³/mol. The van der Waals surface area contributed by atoms with Crippen LogP contribution in [0.1, 0.15) is 33.6 Å². The van der Waals surface area contributed by atoms with Crippen molar-refractivity contribution in [3.8, 4) is 0 Å². The zero-order valence-electron chi connectivity index (χ0n) is 8.47. The molecule has 0 saturated carbocycles. The molecule has 0 aliphatic heterocycles. The molecular weight excluding hydrogens is 166 g/mol. The van der Waals surface area contributed by atoms with Crippen molar-refractivity contribution in [3.05, 3.63) is 12.2 Å². The highest BCUT2D eigenvalue weighted by atomic mass is 32.2. The Kier molecular flexibility index (Phi) is 6.58. The molecule has 72 valence electrons. The van der Waals surface area contributed by atoms with E-state index in [0.29, 0.717) is 11.3 Å². The van der Waals surface area contributed by atoms with Crippen molar-refractivity contribution in [3.63, 3.8) is 0 Å². The topological polar surface area (TPSA) is 26.0 Å². The largest absolute Gasteiger partial charge is 0.327 e. The molecule has 0 rings (SSSR count). The van der Waals surface area contributed by atoms with Gasteiger partial charge in [0.25, 0.3) is 0 Å². The normalized spacial score (nSPS) is 13.4. The van der Waals surface area contributed by atoms with Crippen LogP contribution in [-0.2, 0) is 0 Å². The third kappa shape index (κ3) is 6.74. The van der Waals surface area contributed by atoms with E-state index in [2.05, 4.69) is 27.4 Å². The zero-order valence-corrected chi connectivity index (χ0v) is 9.29. The second-order valence-electron chi connectivity index (χ2n) is 3.45. The van der Waals surface area contributed by atoms with Gasteiger partial charge in [0.05, 0.1) is 0 Å². The lowest BCUT2D eigenvalue weighted by Gasteiger charge is -2.13. The maximum absolute atomic E-state index is 5.92. The Morgan fingerprint density at radius 2 is 2.08 bits per heavy atom. The highest BCUT2D eigenvalue weighted by Gasteiger charge is 2.05. The van der Waals surface area contributed by atoms with Crippen molar-refractivity contribution >= 4 is 11.8 Å². The van der Waals surface area contributed by atoms with E-state index in [-0.39, 0.29) is 0 Å². The van der Waals surface area contributed by atoms with Crippen LogP contribution in [0.4, 0.5) is 0 Å². The fourth-order valence-corrected chi connectivity index (χ4v) is 1.64. The summed E-state index contributed by atoms with van der Waals surface area (Å²) in [5, 5.41) is 0.686. The molecule has 0 spiro atoms. The van der Waals surface area contributed by atoms with E-state index < -0.39 is 0 Å². The Morgan fingerprint density at radius 1 is 1.50 bits per heavy atom. The van der Waals surface area contributed by atoms with E-state index in [1.165, 1.54) is 5.57 Å². The molecule has 0 aliphatic rings. The first-order chi connectivity index (χ1) is 5.56. The van der Waals surface area contributed by atoms with Gasteiger partial charge in [0.2, 0.25) is 0 Å². The Hall–Kier alpha value is 0.0500. The van der Waals surface area contributed by atoms with Gasteiger partial charge in [-0.15, -0.1) is 0 Å². The van der Waals surface area contributed by atoms with E-state index in [4.69, 9.17) is 5.73 Å². The third-order valence-corrected chi connectivity index (χ3v) is 2.98. The molecule has 12 heavy (non-hydrogen) atoms. The molecule has 0 heterocycles. The molecule has 2 heteroatoms. The van der Waals surface area contributed by atoms with Crippen LogP contribution in [0.2, 0.25) is 0 Å².